The van der Waals surface area contributed by atoms with Crippen LogP contribution in [0, 0.1) is 0 Å². The number of hydrogen-bond donors (Lipinski definition) is 2. The van der Waals surface area contributed by atoms with Crippen LogP contribution in [0.3, 0.4) is 0 Å². The summed E-state index contributed by atoms with van der Waals surface area (Å²) in [4.78, 5) is 13.8. The molecule has 0 aromatic carbocycles. The first-order valence-electron chi connectivity index (χ1n) is 5.92. The Hall–Kier alpha value is -0.0300. The zero-order valence-electron chi connectivity index (χ0n) is 10.6. The molecule has 0 aromatic heterocycles. The van der Waals surface area contributed by atoms with Gasteiger partial charge in [-0.3, -0.25) is 9.69 Å². The van der Waals surface area contributed by atoms with Gasteiger partial charge in [0.2, 0.25) is 5.91 Å². The van der Waals surface area contributed by atoms with Crippen LogP contribution in [0.1, 0.15) is 33.1 Å². The molecule has 1 heterocycles. The van der Waals surface area contributed by atoms with Crippen LogP contribution < -0.4 is 11.1 Å². The normalized spacial score (nSPS) is 21.9. The maximum absolute atomic E-state index is 11.3. The van der Waals surface area contributed by atoms with Crippen LogP contribution in [0.15, 0.2) is 0 Å². The Morgan fingerprint density at radius 3 is 2.65 bits per heavy atom. The quantitative estimate of drug-likeness (QED) is 0.815. The lowest BCUT2D eigenvalue weighted by Crippen LogP contribution is -2.49. The maximum atomic E-state index is 11.3. The molecule has 17 heavy (non-hydrogen) atoms. The Kier molecular flexibility index (Phi) is 11.3. The van der Waals surface area contributed by atoms with Gasteiger partial charge in [-0.05, 0) is 32.9 Å². The Morgan fingerprint density at radius 2 is 2.12 bits per heavy atom. The number of likely N-dealkylation sites (tertiary alicyclic amines) is 1. The van der Waals surface area contributed by atoms with Crippen molar-refractivity contribution in [2.45, 2.75) is 45.2 Å². The van der Waals surface area contributed by atoms with E-state index >= 15 is 0 Å². The Morgan fingerprint density at radius 1 is 1.47 bits per heavy atom. The number of nitrogens with zero attached hydrogens (tertiary/aromatic N) is 1. The lowest BCUT2D eigenvalue weighted by Gasteiger charge is -2.35. The fraction of sp³-hybridized carbons (Fsp3) is 0.909. The highest BCUT2D eigenvalue weighted by atomic mass is 35.5. The summed E-state index contributed by atoms with van der Waals surface area (Å²) < 4.78 is 0. The molecule has 1 fully saturated rings. The second kappa shape index (κ2) is 9.95. The highest BCUT2D eigenvalue weighted by molar-refractivity contribution is 5.85. The number of hydrogen-bond acceptors (Lipinski definition) is 3. The minimum absolute atomic E-state index is 0. The van der Waals surface area contributed by atoms with Crippen molar-refractivity contribution >= 4 is 30.7 Å². The van der Waals surface area contributed by atoms with Gasteiger partial charge >= 0.3 is 0 Å². The van der Waals surface area contributed by atoms with Crippen LogP contribution in [0.25, 0.3) is 0 Å². The minimum Gasteiger partial charge on any atom is -0.353 e. The van der Waals surface area contributed by atoms with E-state index in [9.17, 15) is 4.79 Å². The van der Waals surface area contributed by atoms with Crippen LogP contribution >= 0.6 is 24.8 Å². The molecule has 0 aromatic rings. The average Bonchev–Trinajstić information content (AvgIpc) is 2.26. The van der Waals surface area contributed by atoms with Gasteiger partial charge in [-0.15, -0.1) is 24.8 Å². The van der Waals surface area contributed by atoms with E-state index in [1.807, 2.05) is 0 Å². The molecule has 1 aliphatic rings. The molecule has 0 bridgehead atoms. The maximum Gasteiger partial charge on any atom is 0.236 e. The number of carbonyl (C=O) groups is 1. The fourth-order valence-electron chi connectivity index (χ4n) is 2.09. The fourth-order valence-corrected chi connectivity index (χ4v) is 2.09. The molecule has 4 nitrogen and oxygen atoms in total. The lowest BCUT2D eigenvalue weighted by molar-refractivity contribution is -0.122. The predicted molar refractivity (Wildman–Crippen MR) is 76.0 cm³/mol. The molecule has 104 valence electrons. The minimum atomic E-state index is -0.399. The van der Waals surface area contributed by atoms with Crippen LogP contribution in [-0.4, -0.2) is 42.5 Å². The van der Waals surface area contributed by atoms with E-state index < -0.39 is 6.04 Å². The summed E-state index contributed by atoms with van der Waals surface area (Å²) in [7, 11) is 0. The molecule has 1 saturated heterocycles. The van der Waals surface area contributed by atoms with Crippen LogP contribution in [0.4, 0.5) is 0 Å². The third-order valence-electron chi connectivity index (χ3n) is 3.08. The Bertz CT molecular complexity index is 215. The van der Waals surface area contributed by atoms with Crippen molar-refractivity contribution in [3.8, 4) is 0 Å². The van der Waals surface area contributed by atoms with E-state index in [1.54, 1.807) is 6.92 Å². The molecule has 0 saturated carbocycles. The van der Waals surface area contributed by atoms with Crippen molar-refractivity contribution < 1.29 is 4.79 Å². The summed E-state index contributed by atoms with van der Waals surface area (Å²) in [6.07, 6.45) is 3.74. The van der Waals surface area contributed by atoms with E-state index in [0.717, 1.165) is 19.6 Å². The standard InChI is InChI=1S/C11H23N3O.2ClH/c1-3-14-7-5-4-6-10(14)8-13-11(15)9(2)12;;/h9-10H,3-8,12H2,1-2H3,(H,13,15);2*1H/t9-,10?;;/m1../s1. The summed E-state index contributed by atoms with van der Waals surface area (Å²) >= 11 is 0. The molecule has 0 radical (unpaired) electrons. The van der Waals surface area contributed by atoms with Crippen LogP contribution in [0.5, 0.6) is 0 Å². The zero-order chi connectivity index (χ0) is 11.3. The van der Waals surface area contributed by atoms with Crippen LogP contribution in [-0.2, 0) is 4.79 Å². The van der Waals surface area contributed by atoms with Gasteiger partial charge in [0.1, 0.15) is 0 Å². The number of halogens is 2. The molecule has 0 spiro atoms. The van der Waals surface area contributed by atoms with Gasteiger partial charge in [0.05, 0.1) is 6.04 Å². The number of piperidine rings is 1. The van der Waals surface area contributed by atoms with Gasteiger partial charge < -0.3 is 11.1 Å². The first-order chi connectivity index (χ1) is 7.15. The van der Waals surface area contributed by atoms with Crippen molar-refractivity contribution in [3.05, 3.63) is 0 Å². The molecule has 1 amide bonds. The molecule has 3 N–H and O–H groups in total. The van der Waals surface area contributed by atoms with Gasteiger partial charge in [-0.2, -0.15) is 0 Å². The topological polar surface area (TPSA) is 58.4 Å². The molecule has 2 atom stereocenters. The number of nitrogens with two attached hydrogens (primary N) is 1. The molecular weight excluding hydrogens is 261 g/mol. The molecule has 0 aliphatic carbocycles. The summed E-state index contributed by atoms with van der Waals surface area (Å²) in [5.74, 6) is -0.0448. The monoisotopic (exact) mass is 285 g/mol. The van der Waals surface area contributed by atoms with E-state index in [0.29, 0.717) is 6.04 Å². The van der Waals surface area contributed by atoms with E-state index in [4.69, 9.17) is 5.73 Å². The average molecular weight is 286 g/mol. The summed E-state index contributed by atoms with van der Waals surface area (Å²) in [5.41, 5.74) is 5.49. The molecule has 1 aliphatic heterocycles. The SMILES string of the molecule is CCN1CCCCC1CNC(=O)[C@@H](C)N.Cl.Cl. The zero-order valence-corrected chi connectivity index (χ0v) is 12.3. The summed E-state index contributed by atoms with van der Waals surface area (Å²) in [6, 6.07) is 0.107. The van der Waals surface area contributed by atoms with Gasteiger partial charge in [-0.1, -0.05) is 13.3 Å². The summed E-state index contributed by atoms with van der Waals surface area (Å²) in [5, 5.41) is 2.91. The van der Waals surface area contributed by atoms with E-state index in [1.165, 1.54) is 19.3 Å². The molecule has 6 heteroatoms. The van der Waals surface area contributed by atoms with Gasteiger partial charge in [0.25, 0.3) is 0 Å². The third kappa shape index (κ3) is 6.46. The van der Waals surface area contributed by atoms with E-state index in [2.05, 4.69) is 17.1 Å². The lowest BCUT2D eigenvalue weighted by atomic mass is 10.0. The van der Waals surface area contributed by atoms with Crippen LogP contribution in [0.2, 0.25) is 0 Å². The first kappa shape index (κ1) is 19.3. The highest BCUT2D eigenvalue weighted by Crippen LogP contribution is 2.15. The predicted octanol–water partition coefficient (Wildman–Crippen LogP) is 1.17. The highest BCUT2D eigenvalue weighted by Gasteiger charge is 2.21. The van der Waals surface area contributed by atoms with Crippen molar-refractivity contribution in [1.82, 2.24) is 10.2 Å². The molecule has 1 unspecified atom stereocenters. The number of likely N-dealkylation sites (N-methyl/N-ethyl adjacent to an activating group) is 1. The van der Waals surface area contributed by atoms with Gasteiger partial charge in [-0.25, -0.2) is 0 Å². The number of nitrogens with one attached hydrogen (secondary N) is 1. The molecule has 1 rings (SSSR count). The smallest absolute Gasteiger partial charge is 0.236 e. The second-order valence-corrected chi connectivity index (χ2v) is 4.31. The summed E-state index contributed by atoms with van der Waals surface area (Å²) in [6.45, 7) is 6.86. The van der Waals surface area contributed by atoms with E-state index in [-0.39, 0.29) is 30.7 Å². The number of amides is 1. The Balaban J connectivity index is 0. The largest absolute Gasteiger partial charge is 0.353 e. The van der Waals surface area contributed by atoms with Crippen molar-refractivity contribution in [2.24, 2.45) is 5.73 Å². The third-order valence-corrected chi connectivity index (χ3v) is 3.08. The number of rotatable bonds is 4. The molecular formula is C11H25Cl2N3O. The number of carbonyl (C=O) groups excluding carboxylic acids is 1. The van der Waals surface area contributed by atoms with Crippen molar-refractivity contribution in [2.75, 3.05) is 19.6 Å². The Labute approximate surface area is 117 Å². The van der Waals surface area contributed by atoms with Crippen molar-refractivity contribution in [1.29, 1.82) is 0 Å². The van der Waals surface area contributed by atoms with Crippen molar-refractivity contribution in [3.63, 3.8) is 0 Å². The van der Waals surface area contributed by atoms with Gasteiger partial charge in [0.15, 0.2) is 0 Å². The van der Waals surface area contributed by atoms with Gasteiger partial charge in [0, 0.05) is 12.6 Å². The first-order valence-corrected chi connectivity index (χ1v) is 5.92. The second-order valence-electron chi connectivity index (χ2n) is 4.31.